The quantitative estimate of drug-likeness (QED) is 0.817. The Bertz CT molecular complexity index is 435. The molecule has 2 amide bonds. The van der Waals surface area contributed by atoms with E-state index in [0.29, 0.717) is 0 Å². The molecule has 1 aromatic rings. The maximum absolute atomic E-state index is 11.6. The van der Waals surface area contributed by atoms with Crippen LogP contribution in [0, 0.1) is 6.92 Å². The molecule has 1 aromatic carbocycles. The number of thioether (sulfide) groups is 1. The number of hydrogen-bond donors (Lipinski definition) is 2. The van der Waals surface area contributed by atoms with Crippen molar-refractivity contribution in [2.24, 2.45) is 5.73 Å². The fourth-order valence-corrected chi connectivity index (χ4v) is 2.25. The number of amides is 2. The van der Waals surface area contributed by atoms with Gasteiger partial charge in [0.05, 0.1) is 17.5 Å². The fourth-order valence-electron chi connectivity index (χ4n) is 1.68. The Kier molecular flexibility index (Phi) is 5.71. The first-order valence-corrected chi connectivity index (χ1v) is 6.87. The monoisotopic (exact) mass is 266 g/mol. The second kappa shape index (κ2) is 7.06. The first kappa shape index (κ1) is 14.6. The van der Waals surface area contributed by atoms with E-state index in [0.717, 1.165) is 11.1 Å². The molecule has 0 saturated carbocycles. The van der Waals surface area contributed by atoms with Crippen LogP contribution in [0.25, 0.3) is 0 Å². The first-order chi connectivity index (χ1) is 8.50. The van der Waals surface area contributed by atoms with Gasteiger partial charge in [-0.05, 0) is 25.0 Å². The maximum Gasteiger partial charge on any atom is 0.230 e. The van der Waals surface area contributed by atoms with Gasteiger partial charge in [-0.2, -0.15) is 0 Å². The summed E-state index contributed by atoms with van der Waals surface area (Å²) >= 11 is 1.22. The van der Waals surface area contributed by atoms with Crippen LogP contribution >= 0.6 is 11.8 Å². The van der Waals surface area contributed by atoms with Crippen LogP contribution < -0.4 is 11.1 Å². The minimum absolute atomic E-state index is 0.0344. The first-order valence-electron chi connectivity index (χ1n) is 5.71. The van der Waals surface area contributed by atoms with E-state index in [4.69, 9.17) is 5.73 Å². The molecule has 0 saturated heterocycles. The minimum atomic E-state index is -0.403. The molecule has 0 unspecified atom stereocenters. The summed E-state index contributed by atoms with van der Waals surface area (Å²) in [6.07, 6.45) is 0. The molecular weight excluding hydrogens is 248 g/mol. The molecule has 0 aromatic heterocycles. The van der Waals surface area contributed by atoms with Gasteiger partial charge in [-0.15, -0.1) is 11.8 Å². The van der Waals surface area contributed by atoms with E-state index in [1.54, 1.807) is 0 Å². The summed E-state index contributed by atoms with van der Waals surface area (Å²) in [7, 11) is 0. The van der Waals surface area contributed by atoms with E-state index < -0.39 is 5.91 Å². The third kappa shape index (κ3) is 4.79. The highest BCUT2D eigenvalue weighted by atomic mass is 32.2. The number of benzene rings is 1. The van der Waals surface area contributed by atoms with Crippen molar-refractivity contribution in [2.75, 3.05) is 11.5 Å². The number of carbonyl (C=O) groups excluding carboxylic acids is 2. The lowest BCUT2D eigenvalue weighted by Crippen LogP contribution is -2.29. The molecule has 0 bridgehead atoms. The number of nitrogens with one attached hydrogen (secondary N) is 1. The SMILES string of the molecule is Cc1ccccc1[C@H](C)NC(=O)CSCC(N)=O. The molecular formula is C13H18N2O2S. The average molecular weight is 266 g/mol. The predicted octanol–water partition coefficient (Wildman–Crippen LogP) is 1.39. The van der Waals surface area contributed by atoms with Crippen LogP contribution in [0.15, 0.2) is 24.3 Å². The minimum Gasteiger partial charge on any atom is -0.369 e. The van der Waals surface area contributed by atoms with E-state index in [9.17, 15) is 9.59 Å². The molecule has 0 aliphatic heterocycles. The zero-order valence-corrected chi connectivity index (χ0v) is 11.4. The van der Waals surface area contributed by atoms with E-state index in [1.807, 2.05) is 38.1 Å². The summed E-state index contributed by atoms with van der Waals surface area (Å²) in [6.45, 7) is 3.96. The van der Waals surface area contributed by atoms with E-state index >= 15 is 0 Å². The normalized spacial score (nSPS) is 11.9. The third-order valence-corrected chi connectivity index (χ3v) is 3.46. The lowest BCUT2D eigenvalue weighted by molar-refractivity contribution is -0.119. The van der Waals surface area contributed by atoms with Gasteiger partial charge in [-0.1, -0.05) is 24.3 Å². The lowest BCUT2D eigenvalue weighted by atomic mass is 10.0. The molecule has 5 heteroatoms. The zero-order valence-electron chi connectivity index (χ0n) is 10.6. The highest BCUT2D eigenvalue weighted by molar-refractivity contribution is 8.00. The van der Waals surface area contributed by atoms with Crippen LogP contribution in [0.5, 0.6) is 0 Å². The second-order valence-electron chi connectivity index (χ2n) is 4.10. The summed E-state index contributed by atoms with van der Waals surface area (Å²) in [4.78, 5) is 22.2. The Morgan fingerprint density at radius 2 is 2.00 bits per heavy atom. The van der Waals surface area contributed by atoms with Gasteiger partial charge in [0.15, 0.2) is 0 Å². The van der Waals surface area contributed by atoms with Crippen molar-refractivity contribution < 1.29 is 9.59 Å². The standard InChI is InChI=1S/C13H18N2O2S/c1-9-5-3-4-6-11(9)10(2)15-13(17)8-18-7-12(14)16/h3-6,10H,7-8H2,1-2H3,(H2,14,16)(H,15,17)/t10-/m0/s1. The highest BCUT2D eigenvalue weighted by Crippen LogP contribution is 2.16. The van der Waals surface area contributed by atoms with Crippen molar-refractivity contribution in [3.8, 4) is 0 Å². The topological polar surface area (TPSA) is 72.2 Å². The van der Waals surface area contributed by atoms with Crippen molar-refractivity contribution in [2.45, 2.75) is 19.9 Å². The van der Waals surface area contributed by atoms with Crippen LogP contribution in [-0.4, -0.2) is 23.3 Å². The Morgan fingerprint density at radius 1 is 1.33 bits per heavy atom. The molecule has 98 valence electrons. The van der Waals surface area contributed by atoms with Crippen molar-refractivity contribution in [3.05, 3.63) is 35.4 Å². The van der Waals surface area contributed by atoms with Crippen molar-refractivity contribution in [3.63, 3.8) is 0 Å². The van der Waals surface area contributed by atoms with Gasteiger partial charge in [0.2, 0.25) is 11.8 Å². The van der Waals surface area contributed by atoms with Gasteiger partial charge in [0.1, 0.15) is 0 Å². The Morgan fingerprint density at radius 3 is 2.61 bits per heavy atom. The average Bonchev–Trinajstić information content (AvgIpc) is 2.28. The summed E-state index contributed by atoms with van der Waals surface area (Å²) in [5.41, 5.74) is 7.25. The molecule has 0 aliphatic rings. The Hall–Kier alpha value is -1.49. The largest absolute Gasteiger partial charge is 0.369 e. The van der Waals surface area contributed by atoms with Gasteiger partial charge >= 0.3 is 0 Å². The smallest absolute Gasteiger partial charge is 0.230 e. The van der Waals surface area contributed by atoms with Crippen LogP contribution in [-0.2, 0) is 9.59 Å². The molecule has 0 radical (unpaired) electrons. The van der Waals surface area contributed by atoms with Crippen LogP contribution in [0.3, 0.4) is 0 Å². The van der Waals surface area contributed by atoms with E-state index in [2.05, 4.69) is 5.32 Å². The van der Waals surface area contributed by atoms with Crippen LogP contribution in [0.4, 0.5) is 0 Å². The number of primary amides is 1. The van der Waals surface area contributed by atoms with Crippen molar-refractivity contribution >= 4 is 23.6 Å². The molecule has 1 atom stereocenters. The summed E-state index contributed by atoms with van der Waals surface area (Å²) in [6, 6.07) is 7.90. The van der Waals surface area contributed by atoms with Gasteiger partial charge in [0.25, 0.3) is 0 Å². The van der Waals surface area contributed by atoms with Gasteiger partial charge < -0.3 is 11.1 Å². The predicted molar refractivity (Wildman–Crippen MR) is 74.3 cm³/mol. The van der Waals surface area contributed by atoms with E-state index in [-0.39, 0.29) is 23.5 Å². The molecule has 0 heterocycles. The van der Waals surface area contributed by atoms with Crippen molar-refractivity contribution in [1.29, 1.82) is 0 Å². The summed E-state index contributed by atoms with van der Waals surface area (Å²) < 4.78 is 0. The molecule has 1 rings (SSSR count). The summed E-state index contributed by atoms with van der Waals surface area (Å²) in [5.74, 6) is -0.0672. The number of carbonyl (C=O) groups is 2. The molecule has 0 aliphatic carbocycles. The molecule has 18 heavy (non-hydrogen) atoms. The second-order valence-corrected chi connectivity index (χ2v) is 5.09. The summed E-state index contributed by atoms with van der Waals surface area (Å²) in [5, 5.41) is 2.90. The molecule has 4 nitrogen and oxygen atoms in total. The lowest BCUT2D eigenvalue weighted by Gasteiger charge is -2.16. The number of aryl methyl sites for hydroxylation is 1. The van der Waals surface area contributed by atoms with Gasteiger partial charge in [0, 0.05) is 0 Å². The van der Waals surface area contributed by atoms with Crippen molar-refractivity contribution in [1.82, 2.24) is 5.32 Å². The van der Waals surface area contributed by atoms with Crippen LogP contribution in [0.1, 0.15) is 24.1 Å². The number of rotatable bonds is 6. The van der Waals surface area contributed by atoms with Gasteiger partial charge in [-0.3, -0.25) is 9.59 Å². The van der Waals surface area contributed by atoms with Gasteiger partial charge in [-0.25, -0.2) is 0 Å². The zero-order chi connectivity index (χ0) is 13.5. The third-order valence-electron chi connectivity index (χ3n) is 2.51. The number of hydrogen-bond acceptors (Lipinski definition) is 3. The van der Waals surface area contributed by atoms with E-state index in [1.165, 1.54) is 11.8 Å². The van der Waals surface area contributed by atoms with Crippen LogP contribution in [0.2, 0.25) is 0 Å². The molecule has 3 N–H and O–H groups in total. The molecule has 0 fully saturated rings. The Balaban J connectivity index is 2.45. The highest BCUT2D eigenvalue weighted by Gasteiger charge is 2.11. The fraction of sp³-hybridized carbons (Fsp3) is 0.385. The Labute approximate surface area is 111 Å². The molecule has 0 spiro atoms. The number of nitrogens with two attached hydrogens (primary N) is 1. The maximum atomic E-state index is 11.6.